The summed E-state index contributed by atoms with van der Waals surface area (Å²) in [5.74, 6) is 1.89. The van der Waals surface area contributed by atoms with Crippen molar-refractivity contribution in [2.45, 2.75) is 78.3 Å². The Morgan fingerprint density at radius 3 is 2.10 bits per heavy atom. The Morgan fingerprint density at radius 2 is 1.57 bits per heavy atom. The monoisotopic (exact) mass is 294 g/mol. The van der Waals surface area contributed by atoms with Crippen LogP contribution in [0.2, 0.25) is 0 Å². The van der Waals surface area contributed by atoms with Crippen molar-refractivity contribution in [3.05, 3.63) is 0 Å². The molecule has 3 nitrogen and oxygen atoms in total. The van der Waals surface area contributed by atoms with Crippen LogP contribution in [-0.4, -0.2) is 47.4 Å². The number of fused-ring (bicyclic) bond motifs is 2. The van der Waals surface area contributed by atoms with Crippen LogP contribution >= 0.6 is 0 Å². The zero-order valence-electron chi connectivity index (χ0n) is 14.5. The minimum Gasteiger partial charge on any atom is -0.340 e. The Labute approximate surface area is 131 Å². The fourth-order valence-electron chi connectivity index (χ4n) is 3.79. The van der Waals surface area contributed by atoms with Gasteiger partial charge in [-0.05, 0) is 44.1 Å². The average molecular weight is 294 g/mol. The van der Waals surface area contributed by atoms with E-state index in [1.54, 1.807) is 0 Å². The van der Waals surface area contributed by atoms with Gasteiger partial charge < -0.3 is 4.90 Å². The highest BCUT2D eigenvalue weighted by Gasteiger charge is 2.40. The molecule has 0 spiro atoms. The molecular formula is C18H34N2O. The quantitative estimate of drug-likeness (QED) is 0.717. The van der Waals surface area contributed by atoms with Crippen molar-refractivity contribution in [2.24, 2.45) is 11.8 Å². The van der Waals surface area contributed by atoms with Crippen LogP contribution in [-0.2, 0) is 4.79 Å². The molecule has 3 heteroatoms. The SMILES string of the molecule is CC(C)CCCC(=O)N1C[C@H]2CC[C@@H](C1)N2CCC(C)C. The van der Waals surface area contributed by atoms with Crippen LogP contribution in [0, 0.1) is 11.8 Å². The molecule has 0 N–H and O–H groups in total. The van der Waals surface area contributed by atoms with Gasteiger partial charge in [-0.15, -0.1) is 0 Å². The van der Waals surface area contributed by atoms with Crippen molar-refractivity contribution in [3.63, 3.8) is 0 Å². The molecule has 0 aliphatic carbocycles. The number of piperazine rings is 1. The third kappa shape index (κ3) is 4.70. The predicted molar refractivity (Wildman–Crippen MR) is 88.2 cm³/mol. The van der Waals surface area contributed by atoms with Crippen LogP contribution in [0.3, 0.4) is 0 Å². The number of carbonyl (C=O) groups is 1. The maximum Gasteiger partial charge on any atom is 0.222 e. The highest BCUT2D eigenvalue weighted by atomic mass is 16.2. The Balaban J connectivity index is 1.78. The largest absolute Gasteiger partial charge is 0.340 e. The first-order chi connectivity index (χ1) is 9.97. The van der Waals surface area contributed by atoms with Crippen LogP contribution < -0.4 is 0 Å². The van der Waals surface area contributed by atoms with E-state index >= 15 is 0 Å². The maximum absolute atomic E-state index is 12.4. The summed E-state index contributed by atoms with van der Waals surface area (Å²) in [5.41, 5.74) is 0. The molecule has 2 saturated heterocycles. The molecular weight excluding hydrogens is 260 g/mol. The van der Waals surface area contributed by atoms with E-state index in [9.17, 15) is 4.79 Å². The molecule has 2 bridgehead atoms. The zero-order valence-corrected chi connectivity index (χ0v) is 14.5. The van der Waals surface area contributed by atoms with Crippen molar-refractivity contribution in [1.29, 1.82) is 0 Å². The van der Waals surface area contributed by atoms with E-state index in [4.69, 9.17) is 0 Å². The van der Waals surface area contributed by atoms with E-state index in [1.165, 1.54) is 32.2 Å². The van der Waals surface area contributed by atoms with Crippen LogP contribution in [0.1, 0.15) is 66.2 Å². The highest BCUT2D eigenvalue weighted by molar-refractivity contribution is 5.76. The van der Waals surface area contributed by atoms with Gasteiger partial charge in [0.1, 0.15) is 0 Å². The summed E-state index contributed by atoms with van der Waals surface area (Å²) in [4.78, 5) is 17.2. The molecule has 0 aromatic rings. The summed E-state index contributed by atoms with van der Waals surface area (Å²) >= 11 is 0. The second-order valence-corrected chi connectivity index (χ2v) is 7.89. The molecule has 2 fully saturated rings. The van der Waals surface area contributed by atoms with Crippen molar-refractivity contribution >= 4 is 5.91 Å². The summed E-state index contributed by atoms with van der Waals surface area (Å²) < 4.78 is 0. The molecule has 122 valence electrons. The van der Waals surface area contributed by atoms with Gasteiger partial charge in [-0.25, -0.2) is 0 Å². The van der Waals surface area contributed by atoms with Gasteiger partial charge in [-0.2, -0.15) is 0 Å². The molecule has 2 heterocycles. The van der Waals surface area contributed by atoms with E-state index in [1.807, 2.05) is 0 Å². The molecule has 1 amide bonds. The third-order valence-electron chi connectivity index (χ3n) is 5.12. The molecule has 0 aromatic carbocycles. The number of hydrogen-bond donors (Lipinski definition) is 0. The maximum atomic E-state index is 12.4. The molecule has 2 atom stereocenters. The average Bonchev–Trinajstić information content (AvgIpc) is 2.64. The van der Waals surface area contributed by atoms with Gasteiger partial charge in [0.25, 0.3) is 0 Å². The Bertz CT molecular complexity index is 326. The Morgan fingerprint density at radius 1 is 1.00 bits per heavy atom. The van der Waals surface area contributed by atoms with Gasteiger partial charge >= 0.3 is 0 Å². The first-order valence-corrected chi connectivity index (χ1v) is 9.01. The minimum atomic E-state index is 0.399. The standard InChI is InChI=1S/C18H34N2O/c1-14(2)6-5-7-18(21)19-12-16-8-9-17(13-19)20(16)11-10-15(3)4/h14-17H,5-13H2,1-4H3/t16-,17+. The highest BCUT2D eigenvalue weighted by Crippen LogP contribution is 2.31. The van der Waals surface area contributed by atoms with Crippen LogP contribution in [0.4, 0.5) is 0 Å². The lowest BCUT2D eigenvalue weighted by Crippen LogP contribution is -2.55. The topological polar surface area (TPSA) is 23.6 Å². The number of amides is 1. The Hall–Kier alpha value is -0.570. The molecule has 2 aliphatic rings. The zero-order chi connectivity index (χ0) is 15.4. The minimum absolute atomic E-state index is 0.399. The second-order valence-electron chi connectivity index (χ2n) is 7.89. The fraction of sp³-hybridized carbons (Fsp3) is 0.944. The summed E-state index contributed by atoms with van der Waals surface area (Å²) in [7, 11) is 0. The van der Waals surface area contributed by atoms with Gasteiger partial charge in [-0.1, -0.05) is 34.1 Å². The van der Waals surface area contributed by atoms with Gasteiger partial charge in [0.15, 0.2) is 0 Å². The lowest BCUT2D eigenvalue weighted by Gasteiger charge is -2.41. The van der Waals surface area contributed by atoms with Gasteiger partial charge in [0.05, 0.1) is 0 Å². The van der Waals surface area contributed by atoms with E-state index in [0.717, 1.165) is 31.8 Å². The lowest BCUT2D eigenvalue weighted by molar-refractivity contribution is -0.134. The smallest absolute Gasteiger partial charge is 0.222 e. The van der Waals surface area contributed by atoms with Crippen LogP contribution in [0.5, 0.6) is 0 Å². The van der Waals surface area contributed by atoms with Gasteiger partial charge in [0, 0.05) is 31.6 Å². The fourth-order valence-corrected chi connectivity index (χ4v) is 3.79. The van der Waals surface area contributed by atoms with Gasteiger partial charge in [0.2, 0.25) is 5.91 Å². The summed E-state index contributed by atoms with van der Waals surface area (Å²) in [6, 6.07) is 1.27. The summed E-state index contributed by atoms with van der Waals surface area (Å²) in [6.07, 6.45) is 6.85. The molecule has 2 rings (SSSR count). The molecule has 0 unspecified atom stereocenters. The van der Waals surface area contributed by atoms with Crippen molar-refractivity contribution in [3.8, 4) is 0 Å². The third-order valence-corrected chi connectivity index (χ3v) is 5.12. The number of nitrogens with zero attached hydrogens (tertiary/aromatic N) is 2. The normalized spacial score (nSPS) is 26.1. The molecule has 0 saturated carbocycles. The Kier molecular flexibility index (Phi) is 6.09. The van der Waals surface area contributed by atoms with Crippen molar-refractivity contribution < 1.29 is 4.79 Å². The lowest BCUT2D eigenvalue weighted by atomic mass is 10.0. The first kappa shape index (κ1) is 16.8. The molecule has 0 radical (unpaired) electrons. The predicted octanol–water partition coefficient (Wildman–Crippen LogP) is 3.53. The first-order valence-electron chi connectivity index (χ1n) is 9.01. The second kappa shape index (κ2) is 7.62. The summed E-state index contributed by atoms with van der Waals surface area (Å²) in [5, 5.41) is 0. The van der Waals surface area contributed by atoms with E-state index in [-0.39, 0.29) is 0 Å². The molecule has 0 aromatic heterocycles. The van der Waals surface area contributed by atoms with E-state index < -0.39 is 0 Å². The number of hydrogen-bond acceptors (Lipinski definition) is 2. The van der Waals surface area contributed by atoms with E-state index in [2.05, 4.69) is 37.5 Å². The van der Waals surface area contributed by atoms with Crippen LogP contribution in [0.25, 0.3) is 0 Å². The van der Waals surface area contributed by atoms with Crippen molar-refractivity contribution in [2.75, 3.05) is 19.6 Å². The van der Waals surface area contributed by atoms with E-state index in [0.29, 0.717) is 23.9 Å². The number of likely N-dealkylation sites (tertiary alicyclic amines) is 1. The van der Waals surface area contributed by atoms with Crippen molar-refractivity contribution in [1.82, 2.24) is 9.80 Å². The number of carbonyl (C=O) groups excluding carboxylic acids is 1. The van der Waals surface area contributed by atoms with Crippen LogP contribution in [0.15, 0.2) is 0 Å². The molecule has 2 aliphatic heterocycles. The number of rotatable bonds is 7. The van der Waals surface area contributed by atoms with Gasteiger partial charge in [-0.3, -0.25) is 9.69 Å². The summed E-state index contributed by atoms with van der Waals surface area (Å²) in [6.45, 7) is 12.3. The molecule has 21 heavy (non-hydrogen) atoms.